The first-order valence-corrected chi connectivity index (χ1v) is 7.95. The summed E-state index contributed by atoms with van der Waals surface area (Å²) in [5.74, 6) is 1.02. The summed E-state index contributed by atoms with van der Waals surface area (Å²) in [4.78, 5) is 4.50. The summed E-state index contributed by atoms with van der Waals surface area (Å²) < 4.78 is 24.7. The summed E-state index contributed by atoms with van der Waals surface area (Å²) in [5.41, 5.74) is 0.968. The van der Waals surface area contributed by atoms with Gasteiger partial charge in [0.25, 0.3) is 0 Å². The number of sulfonamides is 1. The summed E-state index contributed by atoms with van der Waals surface area (Å²) in [6.07, 6.45) is 3.15. The Labute approximate surface area is 108 Å². The van der Waals surface area contributed by atoms with Crippen LogP contribution in [0.3, 0.4) is 0 Å². The monoisotopic (exact) mass is 269 g/mol. The van der Waals surface area contributed by atoms with Crippen molar-refractivity contribution in [3.05, 3.63) is 23.9 Å². The van der Waals surface area contributed by atoms with E-state index in [2.05, 4.69) is 10.3 Å². The quantitative estimate of drug-likeness (QED) is 0.897. The van der Waals surface area contributed by atoms with E-state index in [-0.39, 0.29) is 5.92 Å². The number of aromatic nitrogens is 1. The molecule has 0 spiro atoms. The first-order chi connectivity index (χ1) is 8.50. The van der Waals surface area contributed by atoms with Gasteiger partial charge < -0.3 is 5.32 Å². The fourth-order valence-corrected chi connectivity index (χ4v) is 3.21. The van der Waals surface area contributed by atoms with Crippen LogP contribution in [-0.2, 0) is 10.0 Å². The molecule has 0 aliphatic carbocycles. The largest absolute Gasteiger partial charge is 0.373 e. The van der Waals surface area contributed by atoms with Gasteiger partial charge in [-0.05, 0) is 25.0 Å². The van der Waals surface area contributed by atoms with Gasteiger partial charge in [-0.3, -0.25) is 0 Å². The van der Waals surface area contributed by atoms with Crippen molar-refractivity contribution in [1.82, 2.24) is 9.29 Å². The van der Waals surface area contributed by atoms with Crippen molar-refractivity contribution in [2.45, 2.75) is 18.8 Å². The van der Waals surface area contributed by atoms with E-state index in [4.69, 9.17) is 0 Å². The molecule has 1 N–H and O–H groups in total. The summed E-state index contributed by atoms with van der Waals surface area (Å²) >= 11 is 0. The predicted molar refractivity (Wildman–Crippen MR) is 72.2 cm³/mol. The molecule has 0 aromatic carbocycles. The Hall–Kier alpha value is -1.14. The highest BCUT2D eigenvalue weighted by atomic mass is 32.2. The van der Waals surface area contributed by atoms with Gasteiger partial charge in [-0.15, -0.1) is 0 Å². The van der Waals surface area contributed by atoms with E-state index >= 15 is 0 Å². The molecule has 1 fully saturated rings. The highest BCUT2D eigenvalue weighted by molar-refractivity contribution is 7.88. The molecule has 0 amide bonds. The molecule has 1 aromatic rings. The van der Waals surface area contributed by atoms with Gasteiger partial charge in [-0.1, -0.05) is 6.07 Å². The van der Waals surface area contributed by atoms with Crippen LogP contribution >= 0.6 is 0 Å². The number of hydrogen-bond donors (Lipinski definition) is 1. The van der Waals surface area contributed by atoms with Crippen LogP contribution < -0.4 is 5.32 Å². The molecular weight excluding hydrogens is 250 g/mol. The van der Waals surface area contributed by atoms with Gasteiger partial charge in [-0.25, -0.2) is 17.7 Å². The summed E-state index contributed by atoms with van der Waals surface area (Å²) in [5, 5.41) is 3.00. The van der Waals surface area contributed by atoms with Gasteiger partial charge in [0.15, 0.2) is 0 Å². The topological polar surface area (TPSA) is 62.3 Å². The van der Waals surface area contributed by atoms with Crippen molar-refractivity contribution in [3.63, 3.8) is 0 Å². The van der Waals surface area contributed by atoms with E-state index < -0.39 is 10.0 Å². The first kappa shape index (κ1) is 13.3. The van der Waals surface area contributed by atoms with Crippen LogP contribution in [0.2, 0.25) is 0 Å². The summed E-state index contributed by atoms with van der Waals surface area (Å²) in [7, 11) is -1.26. The fourth-order valence-electron chi connectivity index (χ4n) is 2.30. The second-order valence-electron chi connectivity index (χ2n) is 4.66. The molecule has 2 rings (SSSR count). The van der Waals surface area contributed by atoms with Crippen molar-refractivity contribution >= 4 is 15.8 Å². The fraction of sp³-hybridized carbons (Fsp3) is 0.583. The number of rotatable bonds is 3. The van der Waals surface area contributed by atoms with Gasteiger partial charge >= 0.3 is 0 Å². The van der Waals surface area contributed by atoms with E-state index in [0.717, 1.165) is 24.4 Å². The third kappa shape index (κ3) is 3.00. The van der Waals surface area contributed by atoms with Crippen LogP contribution in [0.15, 0.2) is 18.2 Å². The molecule has 18 heavy (non-hydrogen) atoms. The van der Waals surface area contributed by atoms with Gasteiger partial charge in [-0.2, -0.15) is 0 Å². The third-order valence-electron chi connectivity index (χ3n) is 3.30. The van der Waals surface area contributed by atoms with Gasteiger partial charge in [0, 0.05) is 31.7 Å². The number of pyridine rings is 1. The maximum absolute atomic E-state index is 11.6. The smallest absolute Gasteiger partial charge is 0.211 e. The molecule has 2 heterocycles. The van der Waals surface area contributed by atoms with Crippen molar-refractivity contribution in [3.8, 4) is 0 Å². The highest BCUT2D eigenvalue weighted by Crippen LogP contribution is 2.27. The molecule has 1 aliphatic heterocycles. The Morgan fingerprint density at radius 1 is 1.44 bits per heavy atom. The minimum absolute atomic E-state index is 0.196. The number of nitrogens with zero attached hydrogens (tertiary/aromatic N) is 2. The Morgan fingerprint density at radius 3 is 2.89 bits per heavy atom. The average molecular weight is 269 g/mol. The zero-order valence-electron chi connectivity index (χ0n) is 10.8. The highest BCUT2D eigenvalue weighted by Gasteiger charge is 2.27. The zero-order valence-corrected chi connectivity index (χ0v) is 11.6. The molecule has 1 unspecified atom stereocenters. The lowest BCUT2D eigenvalue weighted by molar-refractivity contribution is 0.314. The first-order valence-electron chi connectivity index (χ1n) is 6.10. The van der Waals surface area contributed by atoms with Crippen LogP contribution in [0, 0.1) is 0 Å². The number of anilines is 1. The van der Waals surface area contributed by atoms with Crippen LogP contribution in [0.25, 0.3) is 0 Å². The summed E-state index contributed by atoms with van der Waals surface area (Å²) in [6, 6.07) is 5.82. The van der Waals surface area contributed by atoms with Crippen molar-refractivity contribution in [1.29, 1.82) is 0 Å². The molecule has 1 atom stereocenters. The standard InChI is InChI=1S/C12H19N3O2S/c1-13-12-7-3-6-11(14-12)10-5-4-8-15(9-10)18(2,16)17/h3,6-7,10H,4-5,8-9H2,1-2H3,(H,13,14). The lowest BCUT2D eigenvalue weighted by Gasteiger charge is -2.30. The second-order valence-corrected chi connectivity index (χ2v) is 6.64. The molecule has 1 aliphatic rings. The Balaban J connectivity index is 2.18. The van der Waals surface area contributed by atoms with Crippen molar-refractivity contribution in [2.24, 2.45) is 0 Å². The average Bonchev–Trinajstić information content (AvgIpc) is 2.38. The molecule has 0 saturated carbocycles. The van der Waals surface area contributed by atoms with Gasteiger partial charge in [0.1, 0.15) is 5.82 Å². The van der Waals surface area contributed by atoms with Crippen molar-refractivity contribution < 1.29 is 8.42 Å². The third-order valence-corrected chi connectivity index (χ3v) is 4.57. The van der Waals surface area contributed by atoms with Crippen LogP contribution in [0.4, 0.5) is 5.82 Å². The van der Waals surface area contributed by atoms with Crippen molar-refractivity contribution in [2.75, 3.05) is 31.7 Å². The molecule has 100 valence electrons. The molecular formula is C12H19N3O2S. The number of hydrogen-bond acceptors (Lipinski definition) is 4. The predicted octanol–water partition coefficient (Wildman–Crippen LogP) is 1.26. The van der Waals surface area contributed by atoms with E-state index in [1.54, 1.807) is 4.31 Å². The zero-order chi connectivity index (χ0) is 13.2. The number of nitrogens with one attached hydrogen (secondary N) is 1. The lowest BCUT2D eigenvalue weighted by atomic mass is 9.96. The summed E-state index contributed by atoms with van der Waals surface area (Å²) in [6.45, 7) is 1.17. The SMILES string of the molecule is CNc1cccc(C2CCCN(S(C)(=O)=O)C2)n1. The molecule has 6 heteroatoms. The Bertz CT molecular complexity index is 516. The number of piperidine rings is 1. The molecule has 5 nitrogen and oxygen atoms in total. The van der Waals surface area contributed by atoms with Gasteiger partial charge in [0.05, 0.1) is 6.26 Å². The van der Waals surface area contributed by atoms with Crippen LogP contribution in [0.5, 0.6) is 0 Å². The van der Waals surface area contributed by atoms with E-state index in [0.29, 0.717) is 13.1 Å². The minimum Gasteiger partial charge on any atom is -0.373 e. The molecule has 0 bridgehead atoms. The minimum atomic E-state index is -3.09. The normalized spacial score (nSPS) is 21.8. The van der Waals surface area contributed by atoms with Crippen LogP contribution in [-0.4, -0.2) is 44.1 Å². The molecule has 1 saturated heterocycles. The van der Waals surface area contributed by atoms with E-state index in [1.165, 1.54) is 6.26 Å². The van der Waals surface area contributed by atoms with Crippen LogP contribution in [0.1, 0.15) is 24.5 Å². The molecule has 1 aromatic heterocycles. The Kier molecular flexibility index (Phi) is 3.87. The lowest BCUT2D eigenvalue weighted by Crippen LogP contribution is -2.38. The maximum Gasteiger partial charge on any atom is 0.211 e. The Morgan fingerprint density at radius 2 is 2.22 bits per heavy atom. The molecule has 0 radical (unpaired) electrons. The second kappa shape index (κ2) is 5.24. The van der Waals surface area contributed by atoms with E-state index in [1.807, 2.05) is 25.2 Å². The van der Waals surface area contributed by atoms with E-state index in [9.17, 15) is 8.42 Å². The maximum atomic E-state index is 11.6. The van der Waals surface area contributed by atoms with Gasteiger partial charge in [0.2, 0.25) is 10.0 Å².